The Morgan fingerprint density at radius 2 is 1.93 bits per heavy atom. The standard InChI is InChI=1S/C11H20N4/c1-5-11(2,3)7-13-10-6-9(12-4)14-8-15-10/h6,8H,5,7H2,1-4H3,(H2,12,13,14,15). The van der Waals surface area contributed by atoms with E-state index in [0.29, 0.717) is 5.41 Å². The van der Waals surface area contributed by atoms with Crippen LogP contribution in [0.15, 0.2) is 12.4 Å². The van der Waals surface area contributed by atoms with E-state index in [1.54, 1.807) is 6.33 Å². The van der Waals surface area contributed by atoms with E-state index in [9.17, 15) is 0 Å². The minimum absolute atomic E-state index is 0.296. The minimum Gasteiger partial charge on any atom is -0.373 e. The van der Waals surface area contributed by atoms with Gasteiger partial charge < -0.3 is 10.6 Å². The molecule has 4 nitrogen and oxygen atoms in total. The molecular formula is C11H20N4. The van der Waals surface area contributed by atoms with Gasteiger partial charge in [-0.3, -0.25) is 0 Å². The highest BCUT2D eigenvalue weighted by molar-refractivity contribution is 5.45. The van der Waals surface area contributed by atoms with Crippen molar-refractivity contribution in [3.63, 3.8) is 0 Å². The fourth-order valence-electron chi connectivity index (χ4n) is 1.05. The Kier molecular flexibility index (Phi) is 3.88. The van der Waals surface area contributed by atoms with Gasteiger partial charge in [-0.15, -0.1) is 0 Å². The second-order valence-electron chi connectivity index (χ2n) is 4.41. The second-order valence-corrected chi connectivity index (χ2v) is 4.41. The summed E-state index contributed by atoms with van der Waals surface area (Å²) >= 11 is 0. The zero-order valence-electron chi connectivity index (χ0n) is 9.96. The fourth-order valence-corrected chi connectivity index (χ4v) is 1.05. The number of nitrogens with one attached hydrogen (secondary N) is 2. The van der Waals surface area contributed by atoms with Crippen molar-refractivity contribution >= 4 is 11.6 Å². The van der Waals surface area contributed by atoms with Crippen LogP contribution in [-0.2, 0) is 0 Å². The lowest BCUT2D eigenvalue weighted by Crippen LogP contribution is -2.22. The van der Waals surface area contributed by atoms with Gasteiger partial charge in [-0.25, -0.2) is 9.97 Å². The average Bonchev–Trinajstić information content (AvgIpc) is 2.27. The number of hydrogen-bond donors (Lipinski definition) is 2. The highest BCUT2D eigenvalue weighted by Crippen LogP contribution is 2.20. The summed E-state index contributed by atoms with van der Waals surface area (Å²) in [5, 5.41) is 6.31. The summed E-state index contributed by atoms with van der Waals surface area (Å²) in [4.78, 5) is 8.22. The topological polar surface area (TPSA) is 49.8 Å². The zero-order chi connectivity index (χ0) is 11.3. The van der Waals surface area contributed by atoms with Crippen LogP contribution in [0, 0.1) is 5.41 Å². The van der Waals surface area contributed by atoms with Crippen LogP contribution in [0.1, 0.15) is 27.2 Å². The fraction of sp³-hybridized carbons (Fsp3) is 0.636. The van der Waals surface area contributed by atoms with Gasteiger partial charge in [0.05, 0.1) is 0 Å². The van der Waals surface area contributed by atoms with Gasteiger partial charge in [0.25, 0.3) is 0 Å². The third-order valence-corrected chi connectivity index (χ3v) is 2.63. The van der Waals surface area contributed by atoms with E-state index in [2.05, 4.69) is 41.4 Å². The third-order valence-electron chi connectivity index (χ3n) is 2.63. The van der Waals surface area contributed by atoms with Crippen LogP contribution in [0.25, 0.3) is 0 Å². The van der Waals surface area contributed by atoms with Gasteiger partial charge >= 0.3 is 0 Å². The van der Waals surface area contributed by atoms with E-state index in [0.717, 1.165) is 24.6 Å². The van der Waals surface area contributed by atoms with Gasteiger partial charge in [0.15, 0.2) is 0 Å². The van der Waals surface area contributed by atoms with Gasteiger partial charge in [-0.05, 0) is 11.8 Å². The molecule has 0 aliphatic carbocycles. The molecule has 2 N–H and O–H groups in total. The van der Waals surface area contributed by atoms with Gasteiger partial charge in [0, 0.05) is 19.7 Å². The smallest absolute Gasteiger partial charge is 0.131 e. The maximum Gasteiger partial charge on any atom is 0.131 e. The molecule has 0 aliphatic heterocycles. The summed E-state index contributed by atoms with van der Waals surface area (Å²) < 4.78 is 0. The lowest BCUT2D eigenvalue weighted by molar-refractivity contribution is 0.376. The van der Waals surface area contributed by atoms with Gasteiger partial charge in [-0.2, -0.15) is 0 Å². The first-order chi connectivity index (χ1) is 7.07. The maximum atomic E-state index is 4.16. The van der Waals surface area contributed by atoms with Crippen LogP contribution in [-0.4, -0.2) is 23.6 Å². The number of anilines is 2. The molecule has 1 heterocycles. The Labute approximate surface area is 91.5 Å². The van der Waals surface area contributed by atoms with Crippen LogP contribution in [0.3, 0.4) is 0 Å². The van der Waals surface area contributed by atoms with E-state index >= 15 is 0 Å². The molecule has 0 radical (unpaired) electrons. The molecule has 0 fully saturated rings. The number of rotatable bonds is 5. The quantitative estimate of drug-likeness (QED) is 0.780. The Morgan fingerprint density at radius 1 is 1.27 bits per heavy atom. The molecular weight excluding hydrogens is 188 g/mol. The van der Waals surface area contributed by atoms with E-state index in [4.69, 9.17) is 0 Å². The van der Waals surface area contributed by atoms with Crippen LogP contribution in [0.4, 0.5) is 11.6 Å². The van der Waals surface area contributed by atoms with Crippen molar-refractivity contribution in [2.75, 3.05) is 24.2 Å². The number of aromatic nitrogens is 2. The molecule has 0 aromatic carbocycles. The van der Waals surface area contributed by atoms with Crippen molar-refractivity contribution in [2.45, 2.75) is 27.2 Å². The Balaban J connectivity index is 2.57. The molecule has 0 atom stereocenters. The lowest BCUT2D eigenvalue weighted by Gasteiger charge is -2.23. The predicted molar refractivity (Wildman–Crippen MR) is 64.1 cm³/mol. The van der Waals surface area contributed by atoms with E-state index < -0.39 is 0 Å². The molecule has 0 saturated heterocycles. The summed E-state index contributed by atoms with van der Waals surface area (Å²) in [6.45, 7) is 7.59. The Morgan fingerprint density at radius 3 is 2.53 bits per heavy atom. The maximum absolute atomic E-state index is 4.16. The summed E-state index contributed by atoms with van der Waals surface area (Å²) in [5.41, 5.74) is 0.296. The minimum atomic E-state index is 0.296. The van der Waals surface area contributed by atoms with Crippen molar-refractivity contribution in [1.29, 1.82) is 0 Å². The molecule has 4 heteroatoms. The molecule has 0 saturated carbocycles. The first-order valence-corrected chi connectivity index (χ1v) is 5.31. The number of nitrogens with zero attached hydrogens (tertiary/aromatic N) is 2. The molecule has 15 heavy (non-hydrogen) atoms. The molecule has 0 amide bonds. The normalized spacial score (nSPS) is 11.2. The monoisotopic (exact) mass is 208 g/mol. The van der Waals surface area contributed by atoms with Crippen molar-refractivity contribution in [2.24, 2.45) is 5.41 Å². The molecule has 84 valence electrons. The van der Waals surface area contributed by atoms with Crippen LogP contribution in [0.2, 0.25) is 0 Å². The summed E-state index contributed by atoms with van der Waals surface area (Å²) in [7, 11) is 1.85. The zero-order valence-corrected chi connectivity index (χ0v) is 9.96. The molecule has 0 aliphatic rings. The molecule has 1 rings (SSSR count). The van der Waals surface area contributed by atoms with Gasteiger partial charge in [0.2, 0.25) is 0 Å². The average molecular weight is 208 g/mol. The summed E-state index contributed by atoms with van der Waals surface area (Å²) in [6.07, 6.45) is 2.71. The SMILES string of the molecule is CCC(C)(C)CNc1cc(NC)ncn1. The third kappa shape index (κ3) is 3.73. The van der Waals surface area contributed by atoms with Crippen LogP contribution in [0.5, 0.6) is 0 Å². The first-order valence-electron chi connectivity index (χ1n) is 5.31. The molecule has 1 aromatic heterocycles. The Hall–Kier alpha value is -1.32. The van der Waals surface area contributed by atoms with Crippen molar-refractivity contribution in [1.82, 2.24) is 9.97 Å². The van der Waals surface area contributed by atoms with E-state index in [1.807, 2.05) is 13.1 Å². The van der Waals surface area contributed by atoms with E-state index in [-0.39, 0.29) is 0 Å². The molecule has 0 spiro atoms. The molecule has 1 aromatic rings. The Bertz CT molecular complexity index is 309. The van der Waals surface area contributed by atoms with Gasteiger partial charge in [-0.1, -0.05) is 20.8 Å². The lowest BCUT2D eigenvalue weighted by atomic mass is 9.90. The molecule has 0 unspecified atom stereocenters. The number of hydrogen-bond acceptors (Lipinski definition) is 4. The van der Waals surface area contributed by atoms with E-state index in [1.165, 1.54) is 0 Å². The molecule has 0 bridgehead atoms. The summed E-state index contributed by atoms with van der Waals surface area (Å²) in [5.74, 6) is 1.71. The highest BCUT2D eigenvalue weighted by Gasteiger charge is 2.14. The highest BCUT2D eigenvalue weighted by atomic mass is 15.1. The predicted octanol–water partition coefficient (Wildman–Crippen LogP) is 2.37. The van der Waals surface area contributed by atoms with Crippen molar-refractivity contribution < 1.29 is 0 Å². The van der Waals surface area contributed by atoms with Gasteiger partial charge in [0.1, 0.15) is 18.0 Å². The van der Waals surface area contributed by atoms with Crippen LogP contribution < -0.4 is 10.6 Å². The van der Waals surface area contributed by atoms with Crippen molar-refractivity contribution in [3.8, 4) is 0 Å². The largest absolute Gasteiger partial charge is 0.373 e. The summed E-state index contributed by atoms with van der Waals surface area (Å²) in [6, 6.07) is 1.91. The first kappa shape index (κ1) is 11.8. The van der Waals surface area contributed by atoms with Crippen LogP contribution >= 0.6 is 0 Å². The van der Waals surface area contributed by atoms with Crippen molar-refractivity contribution in [3.05, 3.63) is 12.4 Å². The second kappa shape index (κ2) is 4.96.